The van der Waals surface area contributed by atoms with Crippen LogP contribution >= 0.6 is 0 Å². The molecule has 0 aliphatic heterocycles. The summed E-state index contributed by atoms with van der Waals surface area (Å²) in [4.78, 5) is 4.14. The Morgan fingerprint density at radius 1 is 1.45 bits per heavy atom. The van der Waals surface area contributed by atoms with E-state index in [-0.39, 0.29) is 0 Å². The Kier molecular flexibility index (Phi) is 2.69. The molecule has 1 aliphatic rings. The van der Waals surface area contributed by atoms with Crippen LogP contribution in [0.3, 0.4) is 0 Å². The molecule has 62 valence electrons. The summed E-state index contributed by atoms with van der Waals surface area (Å²) in [5.74, 6) is 1.15. The summed E-state index contributed by atoms with van der Waals surface area (Å²) in [6.45, 7) is 6.05. The molecule has 1 aliphatic carbocycles. The largest absolute Gasteiger partial charge is 0.332 e. The van der Waals surface area contributed by atoms with Crippen molar-refractivity contribution in [3.05, 3.63) is 18.2 Å². The Morgan fingerprint density at radius 2 is 2.09 bits per heavy atom. The van der Waals surface area contributed by atoms with Crippen LogP contribution in [-0.4, -0.2) is 9.55 Å². The minimum absolute atomic E-state index is 0.785. The van der Waals surface area contributed by atoms with Crippen LogP contribution in [0, 0.1) is 6.92 Å². The van der Waals surface area contributed by atoms with Crippen LogP contribution in [-0.2, 0) is 0 Å². The van der Waals surface area contributed by atoms with Crippen LogP contribution in [0.15, 0.2) is 12.4 Å². The number of hydrogen-bond donors (Lipinski definition) is 0. The number of imidazole rings is 1. The average molecular weight is 152 g/mol. The first kappa shape index (κ1) is 8.31. The van der Waals surface area contributed by atoms with Crippen LogP contribution in [0.5, 0.6) is 0 Å². The van der Waals surface area contributed by atoms with Gasteiger partial charge in [0.2, 0.25) is 0 Å². The third kappa shape index (κ3) is 1.82. The Labute approximate surface area is 68.3 Å². The van der Waals surface area contributed by atoms with E-state index in [9.17, 15) is 0 Å². The van der Waals surface area contributed by atoms with Gasteiger partial charge in [0.05, 0.1) is 0 Å². The highest BCUT2D eigenvalue weighted by atomic mass is 15.1. The Balaban J connectivity index is 0.000000281. The van der Waals surface area contributed by atoms with Crippen molar-refractivity contribution in [1.82, 2.24) is 9.55 Å². The van der Waals surface area contributed by atoms with Crippen molar-refractivity contribution in [2.24, 2.45) is 0 Å². The van der Waals surface area contributed by atoms with E-state index in [0.717, 1.165) is 11.9 Å². The first-order valence-corrected chi connectivity index (χ1v) is 4.37. The zero-order valence-corrected chi connectivity index (χ0v) is 7.54. The number of aromatic nitrogens is 2. The average Bonchev–Trinajstić information content (AvgIpc) is 2.80. The van der Waals surface area contributed by atoms with Gasteiger partial charge in [-0.1, -0.05) is 13.8 Å². The van der Waals surface area contributed by atoms with Crippen molar-refractivity contribution in [3.8, 4) is 0 Å². The van der Waals surface area contributed by atoms with E-state index in [1.807, 2.05) is 20.0 Å². The smallest absolute Gasteiger partial charge is 0.105 e. The van der Waals surface area contributed by atoms with Crippen molar-refractivity contribution in [2.45, 2.75) is 39.7 Å². The fourth-order valence-electron chi connectivity index (χ4n) is 1.13. The first-order valence-electron chi connectivity index (χ1n) is 4.37. The van der Waals surface area contributed by atoms with Crippen molar-refractivity contribution < 1.29 is 0 Å². The molecule has 2 heteroatoms. The van der Waals surface area contributed by atoms with Crippen molar-refractivity contribution >= 4 is 0 Å². The van der Waals surface area contributed by atoms with Gasteiger partial charge >= 0.3 is 0 Å². The lowest BCUT2D eigenvalue weighted by Gasteiger charge is -1.98. The molecule has 0 amide bonds. The van der Waals surface area contributed by atoms with Gasteiger partial charge in [-0.3, -0.25) is 0 Å². The summed E-state index contributed by atoms with van der Waals surface area (Å²) in [7, 11) is 0. The molecule has 2 rings (SSSR count). The van der Waals surface area contributed by atoms with E-state index in [2.05, 4.69) is 22.7 Å². The van der Waals surface area contributed by atoms with Crippen LogP contribution in [0.25, 0.3) is 0 Å². The van der Waals surface area contributed by atoms with Gasteiger partial charge in [0.1, 0.15) is 5.82 Å². The molecule has 0 unspecified atom stereocenters. The monoisotopic (exact) mass is 152 g/mol. The van der Waals surface area contributed by atoms with Gasteiger partial charge in [0.25, 0.3) is 0 Å². The second kappa shape index (κ2) is 3.56. The molecule has 11 heavy (non-hydrogen) atoms. The molecule has 0 N–H and O–H groups in total. The SMILES string of the molecule is CC.Cc1nccn1C1CC1. The van der Waals surface area contributed by atoms with E-state index in [0.29, 0.717) is 0 Å². The second-order valence-corrected chi connectivity index (χ2v) is 2.61. The van der Waals surface area contributed by atoms with Gasteiger partial charge in [-0.2, -0.15) is 0 Å². The van der Waals surface area contributed by atoms with Crippen LogP contribution in [0.2, 0.25) is 0 Å². The molecule has 0 aromatic carbocycles. The number of hydrogen-bond acceptors (Lipinski definition) is 1. The molecule has 0 radical (unpaired) electrons. The predicted molar refractivity (Wildman–Crippen MR) is 46.6 cm³/mol. The third-order valence-electron chi connectivity index (χ3n) is 1.80. The Morgan fingerprint density at radius 3 is 2.45 bits per heavy atom. The molecular formula is C9H16N2. The fraction of sp³-hybridized carbons (Fsp3) is 0.667. The summed E-state index contributed by atoms with van der Waals surface area (Å²) in [6, 6.07) is 0.785. The van der Waals surface area contributed by atoms with Gasteiger partial charge in [-0.05, 0) is 19.8 Å². The number of aryl methyl sites for hydroxylation is 1. The zero-order valence-electron chi connectivity index (χ0n) is 7.54. The van der Waals surface area contributed by atoms with Gasteiger partial charge in [0, 0.05) is 18.4 Å². The van der Waals surface area contributed by atoms with Crippen LogP contribution < -0.4 is 0 Å². The molecule has 0 spiro atoms. The molecular weight excluding hydrogens is 136 g/mol. The Hall–Kier alpha value is -0.790. The first-order chi connectivity index (χ1) is 5.38. The zero-order chi connectivity index (χ0) is 8.27. The van der Waals surface area contributed by atoms with Crippen molar-refractivity contribution in [2.75, 3.05) is 0 Å². The maximum absolute atomic E-state index is 4.14. The molecule has 1 aromatic heterocycles. The van der Waals surface area contributed by atoms with Gasteiger partial charge < -0.3 is 4.57 Å². The molecule has 1 aromatic rings. The van der Waals surface area contributed by atoms with Gasteiger partial charge in [0.15, 0.2) is 0 Å². The second-order valence-electron chi connectivity index (χ2n) is 2.61. The minimum Gasteiger partial charge on any atom is -0.332 e. The molecule has 0 atom stereocenters. The summed E-state index contributed by atoms with van der Waals surface area (Å²) < 4.78 is 2.25. The van der Waals surface area contributed by atoms with E-state index in [1.54, 1.807) is 0 Å². The maximum atomic E-state index is 4.14. The lowest BCUT2D eigenvalue weighted by atomic mass is 10.6. The van der Waals surface area contributed by atoms with Crippen molar-refractivity contribution in [1.29, 1.82) is 0 Å². The van der Waals surface area contributed by atoms with E-state index in [1.165, 1.54) is 12.8 Å². The maximum Gasteiger partial charge on any atom is 0.105 e. The quantitative estimate of drug-likeness (QED) is 0.604. The third-order valence-corrected chi connectivity index (χ3v) is 1.80. The van der Waals surface area contributed by atoms with Crippen LogP contribution in [0.4, 0.5) is 0 Å². The highest BCUT2D eigenvalue weighted by molar-refractivity contribution is 4.96. The molecule has 1 fully saturated rings. The topological polar surface area (TPSA) is 17.8 Å². The van der Waals surface area contributed by atoms with E-state index >= 15 is 0 Å². The normalized spacial score (nSPS) is 15.5. The summed E-state index contributed by atoms with van der Waals surface area (Å²) in [6.07, 6.45) is 6.62. The van der Waals surface area contributed by atoms with E-state index < -0.39 is 0 Å². The standard InChI is InChI=1S/C7H10N2.C2H6/c1-6-8-4-5-9(6)7-2-3-7;1-2/h4-5,7H,2-3H2,1H3;1-2H3. The number of rotatable bonds is 1. The van der Waals surface area contributed by atoms with E-state index in [4.69, 9.17) is 0 Å². The highest BCUT2D eigenvalue weighted by Gasteiger charge is 2.23. The van der Waals surface area contributed by atoms with Gasteiger partial charge in [-0.15, -0.1) is 0 Å². The molecule has 1 saturated carbocycles. The fourth-order valence-corrected chi connectivity index (χ4v) is 1.13. The molecule has 0 bridgehead atoms. The lowest BCUT2D eigenvalue weighted by Crippen LogP contribution is -1.93. The Bertz CT molecular complexity index is 211. The molecule has 2 nitrogen and oxygen atoms in total. The predicted octanol–water partition coefficient (Wildman–Crippen LogP) is 2.55. The summed E-state index contributed by atoms with van der Waals surface area (Å²) in [5.41, 5.74) is 0. The minimum atomic E-state index is 0.785. The van der Waals surface area contributed by atoms with Crippen molar-refractivity contribution in [3.63, 3.8) is 0 Å². The lowest BCUT2D eigenvalue weighted by molar-refractivity contribution is 0.711. The highest BCUT2D eigenvalue weighted by Crippen LogP contribution is 2.35. The summed E-state index contributed by atoms with van der Waals surface area (Å²) >= 11 is 0. The van der Waals surface area contributed by atoms with Gasteiger partial charge in [-0.25, -0.2) is 4.98 Å². The molecule has 1 heterocycles. The van der Waals surface area contributed by atoms with Crippen LogP contribution in [0.1, 0.15) is 38.6 Å². The number of nitrogens with zero attached hydrogens (tertiary/aromatic N) is 2. The summed E-state index contributed by atoms with van der Waals surface area (Å²) in [5, 5.41) is 0. The molecule has 0 saturated heterocycles.